The summed E-state index contributed by atoms with van der Waals surface area (Å²) < 4.78 is 5.75. The summed E-state index contributed by atoms with van der Waals surface area (Å²) in [4.78, 5) is 10.7. The van der Waals surface area contributed by atoms with E-state index in [1.165, 1.54) is 0 Å². The van der Waals surface area contributed by atoms with Crippen LogP contribution in [0.15, 0.2) is 28.7 Å². The van der Waals surface area contributed by atoms with Gasteiger partial charge >= 0.3 is 0 Å². The third-order valence-electron chi connectivity index (χ3n) is 3.82. The Morgan fingerprint density at radius 3 is 2.83 bits per heavy atom. The Bertz CT molecular complexity index is 648. The van der Waals surface area contributed by atoms with Crippen LogP contribution in [0.2, 0.25) is 5.02 Å². The van der Waals surface area contributed by atoms with Gasteiger partial charge in [-0.1, -0.05) is 56.0 Å². The Balaban J connectivity index is 2.08. The highest BCUT2D eigenvalue weighted by molar-refractivity contribution is 6.31. The Morgan fingerprint density at radius 2 is 2.12 bits per heavy atom. The molecule has 24 heavy (non-hydrogen) atoms. The number of halogens is 1. The monoisotopic (exact) mass is 351 g/mol. The van der Waals surface area contributed by atoms with Crippen molar-refractivity contribution in [1.29, 1.82) is 0 Å². The summed E-state index contributed by atoms with van der Waals surface area (Å²) in [5.41, 5.74) is 0.911. The van der Waals surface area contributed by atoms with E-state index >= 15 is 0 Å². The number of aromatic nitrogens is 2. The standard InChI is InChI=1S/C17H22ClN3O3/c1-2-3-4-8-14(11-21(23)12-22)17-20-19-16(24-17)10-13-7-5-6-9-15(13)18/h5-7,9,12,14,23H,2-4,8,10-11H2,1H3. The number of carbonyl (C=O) groups excluding carboxylic acids is 1. The molecule has 0 aliphatic heterocycles. The second-order valence-electron chi connectivity index (χ2n) is 5.72. The molecule has 6 nitrogen and oxygen atoms in total. The predicted octanol–water partition coefficient (Wildman–Crippen LogP) is 3.83. The second kappa shape index (κ2) is 9.39. The molecule has 2 rings (SSSR count). The molecule has 0 saturated carbocycles. The molecule has 1 aromatic carbocycles. The van der Waals surface area contributed by atoms with Gasteiger partial charge in [-0.3, -0.25) is 10.0 Å². The lowest BCUT2D eigenvalue weighted by Crippen LogP contribution is -2.24. The van der Waals surface area contributed by atoms with E-state index in [0.717, 1.165) is 31.2 Å². The Morgan fingerprint density at radius 1 is 1.33 bits per heavy atom. The first-order valence-electron chi connectivity index (χ1n) is 8.10. The van der Waals surface area contributed by atoms with Gasteiger partial charge in [0.05, 0.1) is 18.9 Å². The maximum Gasteiger partial charge on any atom is 0.233 e. The van der Waals surface area contributed by atoms with Crippen LogP contribution in [0.4, 0.5) is 0 Å². The molecule has 0 fully saturated rings. The van der Waals surface area contributed by atoms with Crippen LogP contribution in [0, 0.1) is 0 Å². The fourth-order valence-corrected chi connectivity index (χ4v) is 2.71. The van der Waals surface area contributed by atoms with Crippen LogP contribution in [-0.4, -0.2) is 33.4 Å². The van der Waals surface area contributed by atoms with Crippen LogP contribution in [0.1, 0.15) is 55.9 Å². The van der Waals surface area contributed by atoms with Crippen molar-refractivity contribution >= 4 is 18.0 Å². The number of hydrogen-bond donors (Lipinski definition) is 1. The van der Waals surface area contributed by atoms with E-state index < -0.39 is 0 Å². The number of carbonyl (C=O) groups is 1. The lowest BCUT2D eigenvalue weighted by Gasteiger charge is -2.16. The average molecular weight is 352 g/mol. The molecule has 0 radical (unpaired) electrons. The molecule has 0 aliphatic rings. The van der Waals surface area contributed by atoms with Crippen molar-refractivity contribution in [2.24, 2.45) is 0 Å². The summed E-state index contributed by atoms with van der Waals surface area (Å²) in [6, 6.07) is 7.49. The van der Waals surface area contributed by atoms with E-state index in [4.69, 9.17) is 16.0 Å². The molecule has 0 saturated heterocycles. The number of amides is 1. The number of hydrogen-bond acceptors (Lipinski definition) is 5. The molecule has 2 aromatic rings. The lowest BCUT2D eigenvalue weighted by atomic mass is 10.0. The van der Waals surface area contributed by atoms with Gasteiger partial charge in [0.1, 0.15) is 0 Å². The molecule has 0 aliphatic carbocycles. The zero-order valence-corrected chi connectivity index (χ0v) is 14.4. The highest BCUT2D eigenvalue weighted by Crippen LogP contribution is 2.24. The third kappa shape index (κ3) is 5.32. The van der Waals surface area contributed by atoms with Crippen LogP contribution in [0.25, 0.3) is 0 Å². The summed E-state index contributed by atoms with van der Waals surface area (Å²) in [7, 11) is 0. The highest BCUT2D eigenvalue weighted by Gasteiger charge is 2.21. The number of rotatable bonds is 10. The summed E-state index contributed by atoms with van der Waals surface area (Å²) in [5.74, 6) is 0.725. The van der Waals surface area contributed by atoms with Crippen LogP contribution in [-0.2, 0) is 11.2 Å². The largest absolute Gasteiger partial charge is 0.425 e. The molecule has 1 unspecified atom stereocenters. The van der Waals surface area contributed by atoms with Gasteiger partial charge in [0.2, 0.25) is 18.2 Å². The van der Waals surface area contributed by atoms with Gasteiger partial charge in [-0.05, 0) is 18.1 Å². The topological polar surface area (TPSA) is 79.5 Å². The molecular formula is C17H22ClN3O3. The number of nitrogens with zero attached hydrogens (tertiary/aromatic N) is 3. The normalized spacial score (nSPS) is 12.1. The number of benzene rings is 1. The first-order valence-corrected chi connectivity index (χ1v) is 8.48. The van der Waals surface area contributed by atoms with Crippen LogP contribution in [0.3, 0.4) is 0 Å². The van der Waals surface area contributed by atoms with Crippen LogP contribution in [0.5, 0.6) is 0 Å². The number of unbranched alkanes of at least 4 members (excludes halogenated alkanes) is 2. The SMILES string of the molecule is CCCCCC(CN(O)C=O)c1nnc(Cc2ccccc2Cl)o1. The predicted molar refractivity (Wildman–Crippen MR) is 90.0 cm³/mol. The van der Waals surface area contributed by atoms with Crippen molar-refractivity contribution in [2.75, 3.05) is 6.54 Å². The van der Waals surface area contributed by atoms with Crippen LogP contribution < -0.4 is 0 Å². The smallest absolute Gasteiger partial charge is 0.233 e. The molecule has 1 amide bonds. The first-order chi connectivity index (χ1) is 11.6. The van der Waals surface area contributed by atoms with Gasteiger partial charge in [-0.15, -0.1) is 10.2 Å². The fraction of sp³-hybridized carbons (Fsp3) is 0.471. The maximum absolute atomic E-state index is 10.7. The van der Waals surface area contributed by atoms with Crippen LogP contribution >= 0.6 is 11.6 Å². The van der Waals surface area contributed by atoms with E-state index in [1.807, 2.05) is 24.3 Å². The zero-order valence-electron chi connectivity index (χ0n) is 13.7. The molecule has 0 bridgehead atoms. The summed E-state index contributed by atoms with van der Waals surface area (Å²) in [6.07, 6.45) is 4.73. The second-order valence-corrected chi connectivity index (χ2v) is 6.13. The van der Waals surface area contributed by atoms with Gasteiger partial charge in [0.15, 0.2) is 0 Å². The lowest BCUT2D eigenvalue weighted by molar-refractivity contribution is -0.151. The Hall–Kier alpha value is -1.92. The van der Waals surface area contributed by atoms with Gasteiger partial charge in [-0.2, -0.15) is 0 Å². The molecular weight excluding hydrogens is 330 g/mol. The summed E-state index contributed by atoms with van der Waals surface area (Å²) in [6.45, 7) is 2.26. The fourth-order valence-electron chi connectivity index (χ4n) is 2.51. The molecule has 1 atom stereocenters. The zero-order chi connectivity index (χ0) is 17.4. The van der Waals surface area contributed by atoms with E-state index in [9.17, 15) is 10.0 Å². The van der Waals surface area contributed by atoms with E-state index in [-0.39, 0.29) is 12.5 Å². The minimum atomic E-state index is -0.181. The quantitative estimate of drug-likeness (QED) is 0.304. The molecule has 1 aromatic heterocycles. The minimum absolute atomic E-state index is 0.140. The van der Waals surface area contributed by atoms with Crippen molar-refractivity contribution in [1.82, 2.24) is 15.3 Å². The van der Waals surface area contributed by atoms with Crippen molar-refractivity contribution in [3.05, 3.63) is 46.6 Å². The molecule has 7 heteroatoms. The van der Waals surface area contributed by atoms with E-state index in [1.54, 1.807) is 0 Å². The molecule has 1 N–H and O–H groups in total. The van der Waals surface area contributed by atoms with Gasteiger partial charge in [0, 0.05) is 5.02 Å². The minimum Gasteiger partial charge on any atom is -0.425 e. The highest BCUT2D eigenvalue weighted by atomic mass is 35.5. The maximum atomic E-state index is 10.7. The van der Waals surface area contributed by atoms with Crippen molar-refractivity contribution in [3.63, 3.8) is 0 Å². The summed E-state index contributed by atoms with van der Waals surface area (Å²) in [5, 5.41) is 18.9. The van der Waals surface area contributed by atoms with Gasteiger partial charge < -0.3 is 4.42 Å². The van der Waals surface area contributed by atoms with Gasteiger partial charge in [-0.25, -0.2) is 5.06 Å². The van der Waals surface area contributed by atoms with Gasteiger partial charge in [0.25, 0.3) is 0 Å². The molecule has 130 valence electrons. The van der Waals surface area contributed by atoms with Crippen molar-refractivity contribution < 1.29 is 14.4 Å². The first kappa shape index (κ1) is 18.4. The van der Waals surface area contributed by atoms with E-state index in [0.29, 0.717) is 34.7 Å². The van der Waals surface area contributed by atoms with Crippen molar-refractivity contribution in [3.8, 4) is 0 Å². The summed E-state index contributed by atoms with van der Waals surface area (Å²) >= 11 is 6.15. The Labute approximate surface area is 146 Å². The van der Waals surface area contributed by atoms with Crippen molar-refractivity contribution in [2.45, 2.75) is 44.9 Å². The molecule has 1 heterocycles. The van der Waals surface area contributed by atoms with E-state index in [2.05, 4.69) is 17.1 Å². The average Bonchev–Trinajstić information content (AvgIpc) is 3.04. The third-order valence-corrected chi connectivity index (χ3v) is 4.19. The Kier molecular flexibility index (Phi) is 7.21. The number of hydroxylamine groups is 2. The molecule has 0 spiro atoms.